The summed E-state index contributed by atoms with van der Waals surface area (Å²) in [6, 6.07) is 14.2. The van der Waals surface area contributed by atoms with Crippen LogP contribution in [0.3, 0.4) is 0 Å². The van der Waals surface area contributed by atoms with Gasteiger partial charge in [-0.25, -0.2) is 4.98 Å². The molecule has 0 unspecified atom stereocenters. The van der Waals surface area contributed by atoms with Gasteiger partial charge in [0, 0.05) is 30.9 Å². The molecule has 2 amide bonds. The smallest absolute Gasteiger partial charge is 0.262 e. The van der Waals surface area contributed by atoms with Crippen LogP contribution >= 0.6 is 11.8 Å². The van der Waals surface area contributed by atoms with Crippen LogP contribution in [0.15, 0.2) is 58.5 Å². The Hall–Kier alpha value is -3.13. The molecule has 180 valence electrons. The Kier molecular flexibility index (Phi) is 8.87. The molecule has 0 fully saturated rings. The number of nitrogens with zero attached hydrogens (tertiary/aromatic N) is 3. The number of para-hydroxylation sites is 1. The van der Waals surface area contributed by atoms with Crippen molar-refractivity contribution in [2.75, 3.05) is 24.2 Å². The van der Waals surface area contributed by atoms with Crippen molar-refractivity contribution in [3.05, 3.63) is 64.4 Å². The molecule has 0 radical (unpaired) electrons. The van der Waals surface area contributed by atoms with Crippen molar-refractivity contribution in [3.63, 3.8) is 0 Å². The van der Waals surface area contributed by atoms with Crippen molar-refractivity contribution in [1.29, 1.82) is 0 Å². The first-order chi connectivity index (χ1) is 16.3. The highest BCUT2D eigenvalue weighted by Crippen LogP contribution is 2.20. The van der Waals surface area contributed by atoms with Crippen molar-refractivity contribution in [1.82, 2.24) is 14.5 Å². The molecule has 2 aromatic carbocycles. The molecule has 7 nitrogen and oxygen atoms in total. The number of amides is 2. The Bertz CT molecular complexity index is 1220. The third-order valence-corrected chi connectivity index (χ3v) is 6.51. The monoisotopic (exact) mass is 480 g/mol. The lowest BCUT2D eigenvalue weighted by atomic mass is 10.1. The first-order valence-electron chi connectivity index (χ1n) is 11.7. The predicted octanol–water partition coefficient (Wildman–Crippen LogP) is 4.66. The lowest BCUT2D eigenvalue weighted by Gasteiger charge is -2.19. The SMILES string of the molecule is CCN(CC)C(=O)c1cccc(NC(=O)CSc2nc3ccccc3c(=O)n2CCC(C)C)c1. The number of hydrogen-bond acceptors (Lipinski definition) is 5. The summed E-state index contributed by atoms with van der Waals surface area (Å²) in [5.74, 6) is 0.242. The lowest BCUT2D eigenvalue weighted by Crippen LogP contribution is -2.30. The number of rotatable bonds is 10. The standard InChI is InChI=1S/C26H32N4O3S/c1-5-29(6-2)24(32)19-10-9-11-20(16-19)27-23(31)17-34-26-28-22-13-8-7-12-21(22)25(33)30(26)15-14-18(3)4/h7-13,16,18H,5-6,14-15,17H2,1-4H3,(H,27,31). The van der Waals surface area contributed by atoms with Crippen LogP contribution in [0.4, 0.5) is 5.69 Å². The molecule has 0 atom stereocenters. The normalized spacial score (nSPS) is 11.1. The van der Waals surface area contributed by atoms with Crippen LogP contribution in [0.25, 0.3) is 10.9 Å². The van der Waals surface area contributed by atoms with E-state index in [0.717, 1.165) is 6.42 Å². The van der Waals surface area contributed by atoms with Gasteiger partial charge in [0.1, 0.15) is 0 Å². The van der Waals surface area contributed by atoms with Crippen molar-refractivity contribution >= 4 is 40.2 Å². The van der Waals surface area contributed by atoms with Crippen LogP contribution in [-0.4, -0.2) is 45.1 Å². The molecule has 0 bridgehead atoms. The zero-order valence-electron chi connectivity index (χ0n) is 20.2. The molecule has 0 aliphatic heterocycles. The fraction of sp³-hybridized carbons (Fsp3) is 0.385. The Balaban J connectivity index is 1.75. The molecule has 1 N–H and O–H groups in total. The Morgan fingerprint density at radius 2 is 1.82 bits per heavy atom. The first-order valence-corrected chi connectivity index (χ1v) is 12.6. The number of fused-ring (bicyclic) bond motifs is 1. The molecule has 3 aromatic rings. The fourth-order valence-electron chi connectivity index (χ4n) is 3.59. The van der Waals surface area contributed by atoms with Gasteiger partial charge >= 0.3 is 0 Å². The number of nitrogens with one attached hydrogen (secondary N) is 1. The van der Waals surface area contributed by atoms with E-state index in [0.29, 0.717) is 52.9 Å². The van der Waals surface area contributed by atoms with E-state index in [1.165, 1.54) is 11.8 Å². The zero-order chi connectivity index (χ0) is 24.7. The van der Waals surface area contributed by atoms with Crippen LogP contribution in [0.2, 0.25) is 0 Å². The maximum absolute atomic E-state index is 13.1. The summed E-state index contributed by atoms with van der Waals surface area (Å²) in [5, 5.41) is 3.97. The van der Waals surface area contributed by atoms with E-state index in [9.17, 15) is 14.4 Å². The minimum atomic E-state index is -0.227. The van der Waals surface area contributed by atoms with E-state index in [1.54, 1.807) is 39.8 Å². The van der Waals surface area contributed by atoms with Crippen LogP contribution in [0.5, 0.6) is 0 Å². The van der Waals surface area contributed by atoms with Crippen LogP contribution in [0.1, 0.15) is 44.5 Å². The average Bonchev–Trinajstić information content (AvgIpc) is 2.83. The van der Waals surface area contributed by atoms with E-state index in [-0.39, 0.29) is 23.1 Å². The minimum absolute atomic E-state index is 0.0648. The second-order valence-corrected chi connectivity index (χ2v) is 9.39. The summed E-state index contributed by atoms with van der Waals surface area (Å²) in [6.07, 6.45) is 0.840. The van der Waals surface area contributed by atoms with Gasteiger partial charge in [0.25, 0.3) is 11.5 Å². The summed E-state index contributed by atoms with van der Waals surface area (Å²) in [4.78, 5) is 44.8. The molecule has 0 saturated carbocycles. The Morgan fingerprint density at radius 1 is 1.09 bits per heavy atom. The van der Waals surface area contributed by atoms with Crippen LogP contribution < -0.4 is 10.9 Å². The highest BCUT2D eigenvalue weighted by Gasteiger charge is 2.15. The summed E-state index contributed by atoms with van der Waals surface area (Å²) < 4.78 is 1.67. The number of hydrogen-bond donors (Lipinski definition) is 1. The van der Waals surface area contributed by atoms with Gasteiger partial charge in [-0.2, -0.15) is 0 Å². The molecule has 0 saturated heterocycles. The van der Waals surface area contributed by atoms with Crippen molar-refractivity contribution in [2.24, 2.45) is 5.92 Å². The van der Waals surface area contributed by atoms with E-state index in [2.05, 4.69) is 24.1 Å². The molecular weight excluding hydrogens is 448 g/mol. The number of carbonyl (C=O) groups is 2. The molecule has 1 aromatic heterocycles. The number of thioether (sulfide) groups is 1. The molecule has 0 spiro atoms. The maximum Gasteiger partial charge on any atom is 0.262 e. The van der Waals surface area contributed by atoms with Crippen LogP contribution in [-0.2, 0) is 11.3 Å². The lowest BCUT2D eigenvalue weighted by molar-refractivity contribution is -0.113. The van der Waals surface area contributed by atoms with Crippen molar-refractivity contribution < 1.29 is 9.59 Å². The number of carbonyl (C=O) groups excluding carboxylic acids is 2. The number of benzene rings is 2. The molecular formula is C26H32N4O3S. The average molecular weight is 481 g/mol. The molecule has 8 heteroatoms. The molecule has 1 heterocycles. The largest absolute Gasteiger partial charge is 0.339 e. The van der Waals surface area contributed by atoms with Crippen LogP contribution in [0, 0.1) is 5.92 Å². The summed E-state index contributed by atoms with van der Waals surface area (Å²) in [6.45, 7) is 9.89. The van der Waals surface area contributed by atoms with Gasteiger partial charge in [-0.05, 0) is 56.5 Å². The van der Waals surface area contributed by atoms with Gasteiger partial charge < -0.3 is 10.2 Å². The minimum Gasteiger partial charge on any atom is -0.339 e. The highest BCUT2D eigenvalue weighted by molar-refractivity contribution is 7.99. The van der Waals surface area contributed by atoms with Gasteiger partial charge in [0.15, 0.2) is 5.16 Å². The maximum atomic E-state index is 13.1. The summed E-state index contributed by atoms with van der Waals surface area (Å²) in [7, 11) is 0. The Labute approximate surface area is 204 Å². The van der Waals surface area contributed by atoms with Gasteiger partial charge in [-0.3, -0.25) is 19.0 Å². The Morgan fingerprint density at radius 3 is 2.53 bits per heavy atom. The van der Waals surface area contributed by atoms with E-state index in [1.807, 2.05) is 32.0 Å². The van der Waals surface area contributed by atoms with Crippen molar-refractivity contribution in [3.8, 4) is 0 Å². The number of anilines is 1. The van der Waals surface area contributed by atoms with E-state index >= 15 is 0 Å². The second kappa shape index (κ2) is 11.8. The van der Waals surface area contributed by atoms with Gasteiger partial charge in [-0.15, -0.1) is 0 Å². The van der Waals surface area contributed by atoms with Gasteiger partial charge in [-0.1, -0.05) is 43.8 Å². The molecule has 34 heavy (non-hydrogen) atoms. The third-order valence-electron chi connectivity index (χ3n) is 5.53. The quantitative estimate of drug-likeness (QED) is 0.337. The summed E-state index contributed by atoms with van der Waals surface area (Å²) >= 11 is 1.24. The van der Waals surface area contributed by atoms with Crippen molar-refractivity contribution in [2.45, 2.75) is 45.8 Å². The molecule has 0 aliphatic carbocycles. The predicted molar refractivity (Wildman–Crippen MR) is 139 cm³/mol. The fourth-order valence-corrected chi connectivity index (χ4v) is 4.42. The van der Waals surface area contributed by atoms with Gasteiger partial charge in [0.2, 0.25) is 5.91 Å². The second-order valence-electron chi connectivity index (χ2n) is 8.45. The topological polar surface area (TPSA) is 84.3 Å². The number of aromatic nitrogens is 2. The van der Waals surface area contributed by atoms with E-state index < -0.39 is 0 Å². The van der Waals surface area contributed by atoms with Gasteiger partial charge in [0.05, 0.1) is 16.7 Å². The first kappa shape index (κ1) is 25.5. The zero-order valence-corrected chi connectivity index (χ0v) is 21.0. The van der Waals surface area contributed by atoms with E-state index in [4.69, 9.17) is 0 Å². The molecule has 0 aliphatic rings. The molecule has 3 rings (SSSR count). The third kappa shape index (κ3) is 6.26. The summed E-state index contributed by atoms with van der Waals surface area (Å²) in [5.41, 5.74) is 1.63. The highest BCUT2D eigenvalue weighted by atomic mass is 32.2.